The zero-order valence-corrected chi connectivity index (χ0v) is 10.9. The summed E-state index contributed by atoms with van der Waals surface area (Å²) in [5.41, 5.74) is 1.09. The molecule has 0 aliphatic carbocycles. The van der Waals surface area contributed by atoms with Gasteiger partial charge in [-0.25, -0.2) is 15.0 Å². The van der Waals surface area contributed by atoms with Gasteiger partial charge >= 0.3 is 6.18 Å². The lowest BCUT2D eigenvalue weighted by Gasteiger charge is -2.18. The molecule has 21 heavy (non-hydrogen) atoms. The molecule has 8 heteroatoms. The molecule has 0 fully saturated rings. The number of rotatable bonds is 2. The van der Waals surface area contributed by atoms with Crippen molar-refractivity contribution in [2.75, 3.05) is 11.9 Å². The third kappa shape index (κ3) is 2.94. The number of pyridine rings is 1. The standard InChI is InChI=1S/C13H12F3N5/c14-13(15,16)8-1-2-11(18-5-8)21-12-9-3-4-17-6-10(9)19-7-20-12/h1-2,5,7,17H,3-4,6H2,(H,18,19,20,21). The van der Waals surface area contributed by atoms with Gasteiger partial charge < -0.3 is 10.6 Å². The molecule has 0 aromatic carbocycles. The zero-order valence-electron chi connectivity index (χ0n) is 10.9. The van der Waals surface area contributed by atoms with E-state index in [1.807, 2.05) is 0 Å². The van der Waals surface area contributed by atoms with Crippen molar-refractivity contribution in [3.8, 4) is 0 Å². The van der Waals surface area contributed by atoms with Gasteiger partial charge in [0.2, 0.25) is 0 Å². The van der Waals surface area contributed by atoms with Crippen molar-refractivity contribution in [2.45, 2.75) is 19.1 Å². The molecule has 0 unspecified atom stereocenters. The summed E-state index contributed by atoms with van der Waals surface area (Å²) < 4.78 is 37.5. The molecule has 0 amide bonds. The lowest BCUT2D eigenvalue weighted by Crippen LogP contribution is -2.25. The number of nitrogens with zero attached hydrogens (tertiary/aromatic N) is 3. The van der Waals surface area contributed by atoms with Crippen molar-refractivity contribution < 1.29 is 13.2 Å². The van der Waals surface area contributed by atoms with Crippen LogP contribution in [0, 0.1) is 0 Å². The van der Waals surface area contributed by atoms with E-state index in [1.165, 1.54) is 12.4 Å². The summed E-state index contributed by atoms with van der Waals surface area (Å²) in [6, 6.07) is 2.28. The average molecular weight is 295 g/mol. The number of nitrogens with one attached hydrogen (secondary N) is 2. The van der Waals surface area contributed by atoms with Gasteiger partial charge in [-0.3, -0.25) is 0 Å². The zero-order chi connectivity index (χ0) is 14.9. The molecule has 110 valence electrons. The molecule has 2 aromatic rings. The minimum atomic E-state index is -4.38. The lowest BCUT2D eigenvalue weighted by atomic mass is 10.1. The van der Waals surface area contributed by atoms with Gasteiger partial charge in [-0.2, -0.15) is 13.2 Å². The van der Waals surface area contributed by atoms with Crippen molar-refractivity contribution >= 4 is 11.6 Å². The minimum absolute atomic E-state index is 0.322. The van der Waals surface area contributed by atoms with E-state index in [9.17, 15) is 13.2 Å². The molecular weight excluding hydrogens is 283 g/mol. The van der Waals surface area contributed by atoms with Crippen LogP contribution in [0.4, 0.5) is 24.8 Å². The molecule has 0 saturated carbocycles. The van der Waals surface area contributed by atoms with Gasteiger partial charge in [0.05, 0.1) is 11.3 Å². The molecule has 1 aliphatic heterocycles. The predicted octanol–water partition coefficient (Wildman–Crippen LogP) is 2.28. The van der Waals surface area contributed by atoms with Gasteiger partial charge in [-0.15, -0.1) is 0 Å². The van der Waals surface area contributed by atoms with Crippen molar-refractivity contribution in [3.63, 3.8) is 0 Å². The van der Waals surface area contributed by atoms with Gasteiger partial charge in [-0.1, -0.05) is 0 Å². The van der Waals surface area contributed by atoms with E-state index in [0.717, 1.165) is 36.5 Å². The van der Waals surface area contributed by atoms with Gasteiger partial charge in [0.25, 0.3) is 0 Å². The largest absolute Gasteiger partial charge is 0.417 e. The quantitative estimate of drug-likeness (QED) is 0.890. The molecule has 5 nitrogen and oxygen atoms in total. The first-order valence-electron chi connectivity index (χ1n) is 6.38. The molecule has 2 aromatic heterocycles. The number of aromatic nitrogens is 3. The van der Waals surface area contributed by atoms with Crippen LogP contribution in [0.3, 0.4) is 0 Å². The number of halogens is 3. The second-order valence-corrected chi connectivity index (χ2v) is 4.63. The van der Waals surface area contributed by atoms with Crippen LogP contribution in [0.2, 0.25) is 0 Å². The number of hydrogen-bond acceptors (Lipinski definition) is 5. The van der Waals surface area contributed by atoms with E-state index in [2.05, 4.69) is 25.6 Å². The maximum absolute atomic E-state index is 12.5. The first kappa shape index (κ1) is 13.7. The highest BCUT2D eigenvalue weighted by molar-refractivity contribution is 5.57. The Balaban J connectivity index is 1.84. The molecular formula is C13H12F3N5. The summed E-state index contributed by atoms with van der Waals surface area (Å²) in [4.78, 5) is 12.1. The van der Waals surface area contributed by atoms with Crippen LogP contribution < -0.4 is 10.6 Å². The van der Waals surface area contributed by atoms with Crippen molar-refractivity contribution in [3.05, 3.63) is 41.5 Å². The van der Waals surface area contributed by atoms with E-state index < -0.39 is 11.7 Å². The Morgan fingerprint density at radius 2 is 2.00 bits per heavy atom. The first-order valence-corrected chi connectivity index (χ1v) is 6.38. The third-order valence-corrected chi connectivity index (χ3v) is 3.22. The molecule has 2 N–H and O–H groups in total. The van der Waals surface area contributed by atoms with Crippen LogP contribution in [0.25, 0.3) is 0 Å². The van der Waals surface area contributed by atoms with Crippen LogP contribution in [-0.2, 0) is 19.1 Å². The molecule has 0 spiro atoms. The van der Waals surface area contributed by atoms with Crippen LogP contribution in [0.1, 0.15) is 16.8 Å². The van der Waals surface area contributed by atoms with Crippen LogP contribution >= 0.6 is 0 Å². The Hall–Kier alpha value is -2.22. The van der Waals surface area contributed by atoms with E-state index >= 15 is 0 Å². The number of fused-ring (bicyclic) bond motifs is 1. The van der Waals surface area contributed by atoms with Gasteiger partial charge in [0.15, 0.2) is 0 Å². The monoisotopic (exact) mass is 295 g/mol. The maximum atomic E-state index is 12.5. The van der Waals surface area contributed by atoms with Crippen LogP contribution in [0.15, 0.2) is 24.7 Å². The average Bonchev–Trinajstić information content (AvgIpc) is 2.47. The summed E-state index contributed by atoms with van der Waals surface area (Å²) in [7, 11) is 0. The topological polar surface area (TPSA) is 62.7 Å². The maximum Gasteiger partial charge on any atom is 0.417 e. The van der Waals surface area contributed by atoms with Crippen LogP contribution in [-0.4, -0.2) is 21.5 Å². The van der Waals surface area contributed by atoms with E-state index in [0.29, 0.717) is 18.2 Å². The minimum Gasteiger partial charge on any atom is -0.325 e. The van der Waals surface area contributed by atoms with Crippen molar-refractivity contribution in [1.29, 1.82) is 0 Å². The highest BCUT2D eigenvalue weighted by Gasteiger charge is 2.30. The number of anilines is 2. The predicted molar refractivity (Wildman–Crippen MR) is 70.0 cm³/mol. The highest BCUT2D eigenvalue weighted by Crippen LogP contribution is 2.29. The van der Waals surface area contributed by atoms with Crippen molar-refractivity contribution in [1.82, 2.24) is 20.3 Å². The Morgan fingerprint density at radius 1 is 1.14 bits per heavy atom. The van der Waals surface area contributed by atoms with E-state index in [-0.39, 0.29) is 0 Å². The fraction of sp³-hybridized carbons (Fsp3) is 0.308. The van der Waals surface area contributed by atoms with Gasteiger partial charge in [-0.05, 0) is 25.1 Å². The smallest absolute Gasteiger partial charge is 0.325 e. The second kappa shape index (κ2) is 5.28. The SMILES string of the molecule is FC(F)(F)c1ccc(Nc2ncnc3c2CCNC3)nc1. The molecule has 0 radical (unpaired) electrons. The van der Waals surface area contributed by atoms with Crippen LogP contribution in [0.5, 0.6) is 0 Å². The summed E-state index contributed by atoms with van der Waals surface area (Å²) in [6.07, 6.45) is -1.39. The third-order valence-electron chi connectivity index (χ3n) is 3.22. The lowest BCUT2D eigenvalue weighted by molar-refractivity contribution is -0.137. The van der Waals surface area contributed by atoms with E-state index in [4.69, 9.17) is 0 Å². The Kier molecular flexibility index (Phi) is 3.46. The van der Waals surface area contributed by atoms with Gasteiger partial charge in [0.1, 0.15) is 18.0 Å². The van der Waals surface area contributed by atoms with Crippen molar-refractivity contribution in [2.24, 2.45) is 0 Å². The first-order chi connectivity index (χ1) is 10.0. The molecule has 0 atom stereocenters. The highest BCUT2D eigenvalue weighted by atomic mass is 19.4. The Labute approximate surface area is 118 Å². The molecule has 3 rings (SSSR count). The summed E-state index contributed by atoms with van der Waals surface area (Å²) in [5.74, 6) is 0.913. The fourth-order valence-corrected chi connectivity index (χ4v) is 2.15. The molecule has 0 bridgehead atoms. The summed E-state index contributed by atoms with van der Waals surface area (Å²) in [5, 5.41) is 6.15. The van der Waals surface area contributed by atoms with Gasteiger partial charge in [0, 0.05) is 18.3 Å². The summed E-state index contributed by atoms with van der Waals surface area (Å²) in [6.45, 7) is 1.47. The second-order valence-electron chi connectivity index (χ2n) is 4.63. The molecule has 3 heterocycles. The number of hydrogen-bond donors (Lipinski definition) is 2. The Bertz CT molecular complexity index is 639. The normalized spacial score (nSPS) is 14.6. The number of alkyl halides is 3. The molecule has 0 saturated heterocycles. The summed E-state index contributed by atoms with van der Waals surface area (Å²) >= 11 is 0. The Morgan fingerprint density at radius 3 is 2.71 bits per heavy atom. The molecule has 1 aliphatic rings. The van der Waals surface area contributed by atoms with E-state index in [1.54, 1.807) is 0 Å². The fourth-order valence-electron chi connectivity index (χ4n) is 2.15.